The van der Waals surface area contributed by atoms with E-state index in [1.165, 1.54) is 14.0 Å². The second kappa shape index (κ2) is 7.56. The molecule has 136 valence electrons. The second-order valence-corrected chi connectivity index (χ2v) is 5.36. The lowest BCUT2D eigenvalue weighted by Gasteiger charge is -2.12. The molecule has 1 aromatic carbocycles. The van der Waals surface area contributed by atoms with Crippen LogP contribution in [0.3, 0.4) is 0 Å². The molecule has 2 rings (SSSR count). The average molecular weight is 357 g/mol. The highest BCUT2D eigenvalue weighted by Gasteiger charge is 2.34. The van der Waals surface area contributed by atoms with Gasteiger partial charge in [-0.05, 0) is 30.7 Å². The molecule has 0 spiro atoms. The van der Waals surface area contributed by atoms with Crippen LogP contribution in [0.25, 0.3) is 0 Å². The summed E-state index contributed by atoms with van der Waals surface area (Å²) in [6, 6.07) is 7.26. The van der Waals surface area contributed by atoms with Crippen molar-refractivity contribution in [3.63, 3.8) is 0 Å². The minimum absolute atomic E-state index is 0.0336. The van der Waals surface area contributed by atoms with Crippen molar-refractivity contribution < 1.29 is 27.8 Å². The van der Waals surface area contributed by atoms with Crippen LogP contribution in [0.15, 0.2) is 30.3 Å². The van der Waals surface area contributed by atoms with Crippen molar-refractivity contribution in [3.8, 4) is 5.75 Å². The third kappa shape index (κ3) is 4.72. The van der Waals surface area contributed by atoms with E-state index < -0.39 is 23.9 Å². The minimum Gasteiger partial charge on any atom is -0.497 e. The first-order chi connectivity index (χ1) is 11.7. The number of rotatable bonds is 6. The van der Waals surface area contributed by atoms with E-state index >= 15 is 0 Å². The van der Waals surface area contributed by atoms with Gasteiger partial charge >= 0.3 is 6.18 Å². The third-order valence-electron chi connectivity index (χ3n) is 3.57. The van der Waals surface area contributed by atoms with Gasteiger partial charge in [-0.2, -0.15) is 18.3 Å². The van der Waals surface area contributed by atoms with Crippen LogP contribution in [0.2, 0.25) is 0 Å². The molecule has 6 nitrogen and oxygen atoms in total. The van der Waals surface area contributed by atoms with Crippen molar-refractivity contribution in [1.29, 1.82) is 0 Å². The van der Waals surface area contributed by atoms with Crippen LogP contribution < -0.4 is 10.1 Å². The Hall–Kier alpha value is -2.55. The summed E-state index contributed by atoms with van der Waals surface area (Å²) in [4.78, 5) is 11.9. The van der Waals surface area contributed by atoms with Crippen molar-refractivity contribution >= 4 is 5.91 Å². The molecular formula is C16H18F3N3O3. The van der Waals surface area contributed by atoms with Crippen LogP contribution in [-0.4, -0.2) is 34.4 Å². The summed E-state index contributed by atoms with van der Waals surface area (Å²) in [5.41, 5.74) is -0.264. The Morgan fingerprint density at radius 1 is 1.36 bits per heavy atom. The van der Waals surface area contributed by atoms with Gasteiger partial charge in [0.25, 0.3) is 5.91 Å². The number of aliphatic hydroxyl groups excluding tert-OH is 1. The summed E-state index contributed by atoms with van der Waals surface area (Å²) >= 11 is 0. The number of hydrogen-bond acceptors (Lipinski definition) is 4. The normalized spacial score (nSPS) is 12.7. The SMILES string of the molecule is COc1ccc([C@H](O)C(=O)NCCn2nc(C(F)(F)F)cc2C)cc1. The number of hydrogen-bond donors (Lipinski definition) is 2. The van der Waals surface area contributed by atoms with Crippen LogP contribution in [0.1, 0.15) is 23.1 Å². The third-order valence-corrected chi connectivity index (χ3v) is 3.57. The van der Waals surface area contributed by atoms with Crippen molar-refractivity contribution in [2.24, 2.45) is 0 Å². The van der Waals surface area contributed by atoms with Gasteiger partial charge in [-0.15, -0.1) is 0 Å². The number of amides is 1. The van der Waals surface area contributed by atoms with Gasteiger partial charge in [0, 0.05) is 12.2 Å². The number of carbonyl (C=O) groups excluding carboxylic acids is 1. The molecule has 2 aromatic rings. The van der Waals surface area contributed by atoms with Crippen LogP contribution >= 0.6 is 0 Å². The zero-order valence-electron chi connectivity index (χ0n) is 13.7. The first kappa shape index (κ1) is 18.8. The zero-order valence-corrected chi connectivity index (χ0v) is 13.7. The molecule has 25 heavy (non-hydrogen) atoms. The van der Waals surface area contributed by atoms with Gasteiger partial charge in [-0.25, -0.2) is 0 Å². The molecule has 1 amide bonds. The second-order valence-electron chi connectivity index (χ2n) is 5.36. The molecule has 0 saturated heterocycles. The van der Waals surface area contributed by atoms with Gasteiger partial charge in [0.1, 0.15) is 5.75 Å². The highest BCUT2D eigenvalue weighted by atomic mass is 19.4. The molecule has 0 aliphatic heterocycles. The summed E-state index contributed by atoms with van der Waals surface area (Å²) in [5, 5.41) is 15.9. The van der Waals surface area contributed by atoms with Crippen molar-refractivity contribution in [2.75, 3.05) is 13.7 Å². The molecule has 0 radical (unpaired) electrons. The Labute approximate surface area is 142 Å². The number of nitrogens with one attached hydrogen (secondary N) is 1. The topological polar surface area (TPSA) is 76.4 Å². The summed E-state index contributed by atoms with van der Waals surface area (Å²) < 4.78 is 43.9. The van der Waals surface area contributed by atoms with Crippen LogP contribution in [-0.2, 0) is 17.5 Å². The largest absolute Gasteiger partial charge is 0.497 e. The van der Waals surface area contributed by atoms with Gasteiger partial charge in [0.15, 0.2) is 11.8 Å². The number of aliphatic hydroxyl groups is 1. The van der Waals surface area contributed by atoms with Crippen LogP contribution in [0.5, 0.6) is 5.75 Å². The Bertz CT molecular complexity index is 726. The van der Waals surface area contributed by atoms with E-state index in [-0.39, 0.29) is 13.1 Å². The maximum absolute atomic E-state index is 12.6. The van der Waals surface area contributed by atoms with E-state index in [9.17, 15) is 23.1 Å². The Balaban J connectivity index is 1.90. The van der Waals surface area contributed by atoms with E-state index in [1.54, 1.807) is 24.3 Å². The van der Waals surface area contributed by atoms with Crippen molar-refractivity contribution in [2.45, 2.75) is 25.7 Å². The average Bonchev–Trinajstić information content (AvgIpc) is 2.95. The molecule has 0 unspecified atom stereocenters. The fraction of sp³-hybridized carbons (Fsp3) is 0.375. The molecule has 2 N–H and O–H groups in total. The zero-order chi connectivity index (χ0) is 18.6. The summed E-state index contributed by atoms with van der Waals surface area (Å²) in [7, 11) is 1.50. The predicted molar refractivity (Wildman–Crippen MR) is 82.9 cm³/mol. The van der Waals surface area contributed by atoms with Crippen LogP contribution in [0, 0.1) is 6.92 Å². The number of methoxy groups -OCH3 is 1. The lowest BCUT2D eigenvalue weighted by Crippen LogP contribution is -2.32. The van der Waals surface area contributed by atoms with E-state index in [0.717, 1.165) is 10.7 Å². The number of benzene rings is 1. The quantitative estimate of drug-likeness (QED) is 0.830. The summed E-state index contributed by atoms with van der Waals surface area (Å²) in [6.45, 7) is 1.59. The number of carbonyl (C=O) groups is 1. The number of aryl methyl sites for hydroxylation is 1. The molecule has 0 aliphatic rings. The number of ether oxygens (including phenoxy) is 1. The van der Waals surface area contributed by atoms with Gasteiger partial charge in [0.2, 0.25) is 0 Å². The molecule has 0 fully saturated rings. The lowest BCUT2D eigenvalue weighted by molar-refractivity contribution is -0.141. The fourth-order valence-electron chi connectivity index (χ4n) is 2.19. The maximum atomic E-state index is 12.6. The van der Waals surface area contributed by atoms with Gasteiger partial charge in [-0.3, -0.25) is 9.48 Å². The highest BCUT2D eigenvalue weighted by Crippen LogP contribution is 2.28. The van der Waals surface area contributed by atoms with E-state index in [0.29, 0.717) is 17.0 Å². The Kier molecular flexibility index (Phi) is 5.68. The Morgan fingerprint density at radius 3 is 2.52 bits per heavy atom. The lowest BCUT2D eigenvalue weighted by atomic mass is 10.1. The number of halogens is 3. The molecule has 0 saturated carbocycles. The standard InChI is InChI=1S/C16H18F3N3O3/c1-10-9-13(16(17,18)19)21-22(10)8-7-20-15(24)14(23)11-3-5-12(25-2)6-4-11/h3-6,9,14,23H,7-8H2,1-2H3,(H,20,24)/t14-/m0/s1. The predicted octanol–water partition coefficient (Wildman–Crippen LogP) is 2.07. The number of alkyl halides is 3. The molecular weight excluding hydrogens is 339 g/mol. The smallest absolute Gasteiger partial charge is 0.435 e. The minimum atomic E-state index is -4.51. The first-order valence-corrected chi connectivity index (χ1v) is 7.43. The molecule has 1 heterocycles. The van der Waals surface area contributed by atoms with Gasteiger partial charge in [-0.1, -0.05) is 12.1 Å². The molecule has 9 heteroatoms. The molecule has 1 atom stereocenters. The molecule has 0 aliphatic carbocycles. The maximum Gasteiger partial charge on any atom is 0.435 e. The molecule has 0 bridgehead atoms. The Morgan fingerprint density at radius 2 is 2.00 bits per heavy atom. The van der Waals surface area contributed by atoms with Crippen molar-refractivity contribution in [3.05, 3.63) is 47.3 Å². The van der Waals surface area contributed by atoms with E-state index in [4.69, 9.17) is 4.74 Å². The summed E-state index contributed by atoms with van der Waals surface area (Å²) in [6.07, 6.45) is -5.89. The van der Waals surface area contributed by atoms with Crippen molar-refractivity contribution in [1.82, 2.24) is 15.1 Å². The van der Waals surface area contributed by atoms with Gasteiger partial charge < -0.3 is 15.2 Å². The fourth-order valence-corrected chi connectivity index (χ4v) is 2.19. The van der Waals surface area contributed by atoms with Gasteiger partial charge in [0.05, 0.1) is 13.7 Å². The number of aromatic nitrogens is 2. The first-order valence-electron chi connectivity index (χ1n) is 7.43. The number of nitrogens with zero attached hydrogens (tertiary/aromatic N) is 2. The summed E-state index contributed by atoms with van der Waals surface area (Å²) in [5.74, 6) is -0.0583. The van der Waals surface area contributed by atoms with E-state index in [2.05, 4.69) is 10.4 Å². The monoisotopic (exact) mass is 357 g/mol. The van der Waals surface area contributed by atoms with E-state index in [1.807, 2.05) is 0 Å². The highest BCUT2D eigenvalue weighted by molar-refractivity contribution is 5.81. The molecule has 1 aromatic heterocycles. The van der Waals surface area contributed by atoms with Crippen LogP contribution in [0.4, 0.5) is 13.2 Å².